The largest absolute Gasteiger partial charge is 0.469 e. The summed E-state index contributed by atoms with van der Waals surface area (Å²) in [5.74, 6) is 0.482. The molecule has 0 bridgehead atoms. The maximum Gasteiger partial charge on any atom is 0.318 e. The molecular weight excluding hydrogens is 502 g/mol. The number of nitrogens with zero attached hydrogens (tertiary/aromatic N) is 2. The van der Waals surface area contributed by atoms with Crippen LogP contribution < -0.4 is 14.8 Å². The summed E-state index contributed by atoms with van der Waals surface area (Å²) in [7, 11) is 2.85. The van der Waals surface area contributed by atoms with Crippen LogP contribution in [0.5, 0.6) is 11.5 Å². The molecule has 3 heterocycles. The Hall–Kier alpha value is -3.57. The fraction of sp³-hybridized carbons (Fsp3) is 0.320. The second-order valence-corrected chi connectivity index (χ2v) is 10.2. The van der Waals surface area contributed by atoms with E-state index in [1.807, 2.05) is 35.0 Å². The summed E-state index contributed by atoms with van der Waals surface area (Å²) in [6, 6.07) is 11.9. The Morgan fingerprint density at radius 3 is 2.31 bits per heavy atom. The van der Waals surface area contributed by atoms with Crippen LogP contribution in [0.2, 0.25) is 0 Å². The molecule has 0 saturated heterocycles. The van der Waals surface area contributed by atoms with Crippen LogP contribution in [0, 0.1) is 0 Å². The summed E-state index contributed by atoms with van der Waals surface area (Å²) in [5, 5.41) is 6.79. The summed E-state index contributed by atoms with van der Waals surface area (Å²) < 4.78 is 15.6. The number of carbonyl (C=O) groups excluding carboxylic acids is 3. The topological polar surface area (TPSA) is 97.4 Å². The van der Waals surface area contributed by atoms with E-state index >= 15 is 0 Å². The Labute approximate surface area is 217 Å². The van der Waals surface area contributed by atoms with Crippen molar-refractivity contribution in [2.24, 2.45) is 0 Å². The van der Waals surface area contributed by atoms with Crippen molar-refractivity contribution in [1.29, 1.82) is 0 Å². The minimum absolute atomic E-state index is 0.0768. The first-order chi connectivity index (χ1) is 17.4. The van der Waals surface area contributed by atoms with Crippen LogP contribution in [-0.4, -0.2) is 55.2 Å². The molecule has 0 aliphatic carbocycles. The minimum atomic E-state index is -0.676. The van der Waals surface area contributed by atoms with Gasteiger partial charge in [-0.15, -0.1) is 22.7 Å². The van der Waals surface area contributed by atoms with E-state index in [0.717, 1.165) is 9.75 Å². The number of hydrogen-bond acceptors (Lipinski definition) is 8. The Morgan fingerprint density at radius 2 is 1.69 bits per heavy atom. The number of hydrogen-bond donors (Lipinski definition) is 1. The van der Waals surface area contributed by atoms with Crippen molar-refractivity contribution < 1.29 is 28.6 Å². The molecule has 1 unspecified atom stereocenters. The van der Waals surface area contributed by atoms with E-state index in [2.05, 4.69) is 5.32 Å². The third-order valence-corrected chi connectivity index (χ3v) is 7.34. The molecule has 1 atom stereocenters. The second-order valence-electron chi connectivity index (χ2n) is 8.16. The molecule has 0 fully saturated rings. The molecule has 11 heteroatoms. The summed E-state index contributed by atoms with van der Waals surface area (Å²) in [6.07, 6.45) is -0.0768. The first-order valence-corrected chi connectivity index (χ1v) is 13.0. The van der Waals surface area contributed by atoms with Crippen LogP contribution in [0.3, 0.4) is 0 Å². The van der Waals surface area contributed by atoms with Gasteiger partial charge in [-0.1, -0.05) is 18.2 Å². The number of urea groups is 1. The zero-order valence-corrected chi connectivity index (χ0v) is 21.6. The van der Waals surface area contributed by atoms with Crippen molar-refractivity contribution in [3.05, 3.63) is 68.5 Å². The second kappa shape index (κ2) is 11.9. The maximum absolute atomic E-state index is 13.2. The normalized spacial score (nSPS) is 12.6. The third-order valence-electron chi connectivity index (χ3n) is 5.62. The van der Waals surface area contributed by atoms with Crippen LogP contribution in [0.15, 0.2) is 53.2 Å². The number of amides is 3. The van der Waals surface area contributed by atoms with E-state index < -0.39 is 18.0 Å². The Morgan fingerprint density at radius 1 is 1.03 bits per heavy atom. The van der Waals surface area contributed by atoms with Gasteiger partial charge < -0.3 is 29.3 Å². The minimum Gasteiger partial charge on any atom is -0.469 e. The number of ether oxygens (including phenoxy) is 3. The molecule has 0 spiro atoms. The molecule has 3 aromatic rings. The predicted octanol–water partition coefficient (Wildman–Crippen LogP) is 4.01. The van der Waals surface area contributed by atoms with Crippen molar-refractivity contribution >= 4 is 40.6 Å². The lowest BCUT2D eigenvalue weighted by atomic mass is 10.0. The van der Waals surface area contributed by atoms with E-state index in [9.17, 15) is 14.4 Å². The maximum atomic E-state index is 13.2. The highest BCUT2D eigenvalue weighted by Crippen LogP contribution is 2.35. The van der Waals surface area contributed by atoms with E-state index in [4.69, 9.17) is 14.2 Å². The summed E-state index contributed by atoms with van der Waals surface area (Å²) in [5.41, 5.74) is 0.662. The Bertz CT molecular complexity index is 1150. The van der Waals surface area contributed by atoms with Crippen molar-refractivity contribution in [1.82, 2.24) is 15.1 Å². The molecule has 0 saturated carbocycles. The lowest BCUT2D eigenvalue weighted by Crippen LogP contribution is -2.45. The van der Waals surface area contributed by atoms with Crippen LogP contribution >= 0.6 is 22.7 Å². The zero-order valence-electron chi connectivity index (χ0n) is 20.0. The molecule has 36 heavy (non-hydrogen) atoms. The average molecular weight is 530 g/mol. The molecule has 1 aliphatic heterocycles. The van der Waals surface area contributed by atoms with Gasteiger partial charge in [0.1, 0.15) is 6.54 Å². The highest BCUT2D eigenvalue weighted by molar-refractivity contribution is 7.10. The average Bonchev–Trinajstić information content (AvgIpc) is 3.65. The van der Waals surface area contributed by atoms with Gasteiger partial charge in [-0.25, -0.2) is 4.79 Å². The number of rotatable bonds is 10. The number of nitrogens with one attached hydrogen (secondary N) is 1. The van der Waals surface area contributed by atoms with Gasteiger partial charge in [-0.3, -0.25) is 9.59 Å². The van der Waals surface area contributed by atoms with Crippen molar-refractivity contribution in [2.45, 2.75) is 25.6 Å². The number of carbonyl (C=O) groups is 3. The quantitative estimate of drug-likeness (QED) is 0.399. The first-order valence-electron chi connectivity index (χ1n) is 11.2. The fourth-order valence-corrected chi connectivity index (χ4v) is 5.12. The third kappa shape index (κ3) is 6.55. The highest BCUT2D eigenvalue weighted by Gasteiger charge is 2.25. The van der Waals surface area contributed by atoms with Crippen LogP contribution in [0.4, 0.5) is 4.79 Å². The van der Waals surface area contributed by atoms with E-state index in [1.165, 1.54) is 12.0 Å². The molecule has 4 rings (SSSR count). The number of likely N-dealkylation sites (N-methyl/N-ethyl adjacent to an activating group) is 1. The number of fused-ring (bicyclic) bond motifs is 1. The summed E-state index contributed by atoms with van der Waals surface area (Å²) in [4.78, 5) is 43.5. The first kappa shape index (κ1) is 25.5. The lowest BCUT2D eigenvalue weighted by Gasteiger charge is -2.27. The Balaban J connectivity index is 1.43. The summed E-state index contributed by atoms with van der Waals surface area (Å²) in [6.45, 7) is 0.928. The van der Waals surface area contributed by atoms with Gasteiger partial charge in [0, 0.05) is 16.8 Å². The van der Waals surface area contributed by atoms with Crippen molar-refractivity contribution in [2.75, 3.05) is 27.5 Å². The van der Waals surface area contributed by atoms with Crippen molar-refractivity contribution in [3.63, 3.8) is 0 Å². The van der Waals surface area contributed by atoms with Gasteiger partial charge in [0.2, 0.25) is 12.7 Å². The fourth-order valence-electron chi connectivity index (χ4n) is 3.68. The number of methoxy groups -OCH3 is 1. The van der Waals surface area contributed by atoms with Gasteiger partial charge in [-0.05, 0) is 40.6 Å². The number of thiophene rings is 2. The van der Waals surface area contributed by atoms with Gasteiger partial charge in [0.05, 0.1) is 32.7 Å². The molecule has 1 aromatic carbocycles. The van der Waals surface area contributed by atoms with E-state index in [0.29, 0.717) is 30.2 Å². The molecule has 1 aliphatic rings. The SMILES string of the molecule is COC(=O)CC(NC(=O)N(C)CC(=O)N(Cc1cccs1)Cc1cccs1)c1ccc2c(c1)OCO2. The van der Waals surface area contributed by atoms with Gasteiger partial charge in [-0.2, -0.15) is 0 Å². The van der Waals surface area contributed by atoms with Crippen LogP contribution in [0.25, 0.3) is 0 Å². The molecule has 2 aromatic heterocycles. The number of benzene rings is 1. The molecule has 1 N–H and O–H groups in total. The molecule has 190 valence electrons. The lowest BCUT2D eigenvalue weighted by molar-refractivity contribution is -0.141. The van der Waals surface area contributed by atoms with Gasteiger partial charge in [0.15, 0.2) is 11.5 Å². The van der Waals surface area contributed by atoms with Gasteiger partial charge >= 0.3 is 12.0 Å². The summed E-state index contributed by atoms with van der Waals surface area (Å²) >= 11 is 3.16. The van der Waals surface area contributed by atoms with Gasteiger partial charge in [0.25, 0.3) is 0 Å². The van der Waals surface area contributed by atoms with E-state index in [-0.39, 0.29) is 25.7 Å². The van der Waals surface area contributed by atoms with Crippen molar-refractivity contribution in [3.8, 4) is 11.5 Å². The highest BCUT2D eigenvalue weighted by atomic mass is 32.1. The van der Waals surface area contributed by atoms with Crippen LogP contribution in [-0.2, 0) is 27.4 Å². The van der Waals surface area contributed by atoms with E-state index in [1.54, 1.807) is 52.8 Å². The zero-order chi connectivity index (χ0) is 25.5. The smallest absolute Gasteiger partial charge is 0.318 e. The Kier molecular flexibility index (Phi) is 8.44. The molecule has 9 nitrogen and oxygen atoms in total. The predicted molar refractivity (Wildman–Crippen MR) is 136 cm³/mol. The monoisotopic (exact) mass is 529 g/mol. The molecular formula is C25H27N3O6S2. The standard InChI is InChI=1S/C25H27N3O6S2/c1-27(15-23(29)28(13-18-5-3-9-35-18)14-19-6-4-10-36-19)25(31)26-20(12-24(30)32-2)17-7-8-21-22(11-17)34-16-33-21/h3-11,20H,12-16H2,1-2H3,(H,26,31). The number of esters is 1. The molecule has 3 amide bonds. The van der Waals surface area contributed by atoms with Crippen LogP contribution in [0.1, 0.15) is 27.8 Å². The molecule has 0 radical (unpaired) electrons.